The summed E-state index contributed by atoms with van der Waals surface area (Å²) in [5.74, 6) is -2.03. The summed E-state index contributed by atoms with van der Waals surface area (Å²) < 4.78 is 13.9. The largest absolute Gasteiger partial charge is 0.350 e. The van der Waals surface area contributed by atoms with Crippen LogP contribution in [0.5, 0.6) is 0 Å². The monoisotopic (exact) mass is 477 g/mol. The van der Waals surface area contributed by atoms with Gasteiger partial charge in [-0.15, -0.1) is 0 Å². The van der Waals surface area contributed by atoms with E-state index in [1.54, 1.807) is 36.4 Å². The van der Waals surface area contributed by atoms with E-state index in [1.807, 2.05) is 26.0 Å². The fraction of sp³-hybridized carbons (Fsp3) is 0.115. The highest BCUT2D eigenvalue weighted by molar-refractivity contribution is 6.53. The van der Waals surface area contributed by atoms with Crippen molar-refractivity contribution in [3.63, 3.8) is 0 Å². The first-order valence-corrected chi connectivity index (χ1v) is 11.0. The third-order valence-electron chi connectivity index (χ3n) is 5.36. The molecule has 172 valence electrons. The first-order valence-electron chi connectivity index (χ1n) is 10.6. The number of rotatable bonds is 6. The lowest BCUT2D eigenvalue weighted by Gasteiger charge is -2.16. The Balaban J connectivity index is 1.53. The van der Waals surface area contributed by atoms with Gasteiger partial charge in [0.15, 0.2) is 0 Å². The highest BCUT2D eigenvalue weighted by Crippen LogP contribution is 2.31. The molecule has 0 aromatic heterocycles. The molecule has 0 bridgehead atoms. The van der Waals surface area contributed by atoms with E-state index in [2.05, 4.69) is 10.6 Å². The number of nitrogens with zero attached hydrogens (tertiary/aromatic N) is 1. The van der Waals surface area contributed by atoms with Crippen LogP contribution in [0.1, 0.15) is 35.7 Å². The number of anilines is 3. The van der Waals surface area contributed by atoms with Crippen LogP contribution in [-0.2, 0) is 9.59 Å². The van der Waals surface area contributed by atoms with E-state index in [0.29, 0.717) is 17.3 Å². The lowest BCUT2D eigenvalue weighted by Crippen LogP contribution is -2.32. The quantitative estimate of drug-likeness (QED) is 0.450. The van der Waals surface area contributed by atoms with E-state index in [4.69, 9.17) is 11.6 Å². The molecular formula is C26H21ClFN3O3. The van der Waals surface area contributed by atoms with Crippen molar-refractivity contribution < 1.29 is 18.8 Å². The Labute approximate surface area is 201 Å². The van der Waals surface area contributed by atoms with Gasteiger partial charge in [0.05, 0.1) is 11.4 Å². The summed E-state index contributed by atoms with van der Waals surface area (Å²) in [5.41, 5.74) is 2.03. The molecule has 0 atom stereocenters. The maximum atomic E-state index is 13.9. The van der Waals surface area contributed by atoms with Crippen molar-refractivity contribution in [2.24, 2.45) is 0 Å². The molecular weight excluding hydrogens is 457 g/mol. The van der Waals surface area contributed by atoms with Crippen LogP contribution in [0.25, 0.3) is 0 Å². The summed E-state index contributed by atoms with van der Waals surface area (Å²) >= 11 is 6.21. The average molecular weight is 478 g/mol. The van der Waals surface area contributed by atoms with Crippen LogP contribution in [0, 0.1) is 5.82 Å². The molecule has 34 heavy (non-hydrogen) atoms. The standard InChI is InChI=1S/C26H21ClFN3O3/c1-15(2)16-10-12-19(13-11-16)31-25(33)22(27)23(26(31)34)29-18-7-5-6-17(14-18)24(32)30-21-9-4-3-8-20(21)28/h3-15,29H,1-2H3,(H,30,32). The Morgan fingerprint density at radius 3 is 2.32 bits per heavy atom. The van der Waals surface area contributed by atoms with Gasteiger partial charge in [0.25, 0.3) is 17.7 Å². The predicted octanol–water partition coefficient (Wildman–Crippen LogP) is 5.64. The third-order valence-corrected chi connectivity index (χ3v) is 5.71. The summed E-state index contributed by atoms with van der Waals surface area (Å²) in [7, 11) is 0. The fourth-order valence-electron chi connectivity index (χ4n) is 3.49. The molecule has 6 nitrogen and oxygen atoms in total. The van der Waals surface area contributed by atoms with Crippen molar-refractivity contribution in [3.05, 3.63) is 100 Å². The summed E-state index contributed by atoms with van der Waals surface area (Å²) in [6, 6.07) is 19.2. The molecule has 0 saturated carbocycles. The van der Waals surface area contributed by atoms with E-state index >= 15 is 0 Å². The van der Waals surface area contributed by atoms with Crippen LogP contribution < -0.4 is 15.5 Å². The van der Waals surface area contributed by atoms with Gasteiger partial charge in [0.2, 0.25) is 0 Å². The lowest BCUT2D eigenvalue weighted by atomic mass is 10.0. The number of carbonyl (C=O) groups excluding carboxylic acids is 3. The van der Waals surface area contributed by atoms with Gasteiger partial charge >= 0.3 is 0 Å². The van der Waals surface area contributed by atoms with Gasteiger partial charge < -0.3 is 10.6 Å². The number of hydrogen-bond donors (Lipinski definition) is 2. The second-order valence-corrected chi connectivity index (χ2v) is 8.40. The van der Waals surface area contributed by atoms with E-state index < -0.39 is 23.5 Å². The molecule has 0 spiro atoms. The SMILES string of the molecule is CC(C)c1ccc(N2C(=O)C(Cl)=C(Nc3cccc(C(=O)Nc4ccccc4F)c3)C2=O)cc1. The van der Waals surface area contributed by atoms with Gasteiger partial charge in [-0.25, -0.2) is 9.29 Å². The molecule has 3 aromatic carbocycles. The minimum atomic E-state index is -0.639. The Kier molecular flexibility index (Phi) is 6.47. The molecule has 1 aliphatic heterocycles. The van der Waals surface area contributed by atoms with Gasteiger partial charge in [-0.1, -0.05) is 55.8 Å². The van der Waals surface area contributed by atoms with Crippen molar-refractivity contribution in [3.8, 4) is 0 Å². The first-order chi connectivity index (χ1) is 16.3. The molecule has 0 unspecified atom stereocenters. The van der Waals surface area contributed by atoms with Crippen molar-refractivity contribution in [1.82, 2.24) is 0 Å². The second-order valence-electron chi connectivity index (χ2n) is 8.02. The van der Waals surface area contributed by atoms with E-state index in [0.717, 1.165) is 10.5 Å². The topological polar surface area (TPSA) is 78.5 Å². The summed E-state index contributed by atoms with van der Waals surface area (Å²) in [5, 5.41) is 5.11. The third kappa shape index (κ3) is 4.56. The lowest BCUT2D eigenvalue weighted by molar-refractivity contribution is -0.120. The zero-order valence-corrected chi connectivity index (χ0v) is 19.2. The summed E-state index contributed by atoms with van der Waals surface area (Å²) in [6.45, 7) is 4.10. The van der Waals surface area contributed by atoms with Gasteiger partial charge in [0.1, 0.15) is 16.5 Å². The summed E-state index contributed by atoms with van der Waals surface area (Å²) in [4.78, 5) is 39.3. The molecule has 3 amide bonds. The van der Waals surface area contributed by atoms with Crippen molar-refractivity contribution >= 4 is 46.4 Å². The fourth-order valence-corrected chi connectivity index (χ4v) is 3.71. The molecule has 8 heteroatoms. The van der Waals surface area contributed by atoms with Crippen molar-refractivity contribution in [2.75, 3.05) is 15.5 Å². The second kappa shape index (κ2) is 9.49. The van der Waals surface area contributed by atoms with E-state index in [-0.39, 0.29) is 22.0 Å². The maximum absolute atomic E-state index is 13.9. The number of amides is 3. The molecule has 0 radical (unpaired) electrons. The smallest absolute Gasteiger partial charge is 0.283 e. The van der Waals surface area contributed by atoms with Gasteiger partial charge in [-0.2, -0.15) is 0 Å². The van der Waals surface area contributed by atoms with Crippen LogP contribution >= 0.6 is 11.6 Å². The Morgan fingerprint density at radius 1 is 0.941 bits per heavy atom. The van der Waals surface area contributed by atoms with Gasteiger partial charge in [-0.3, -0.25) is 14.4 Å². The number of carbonyl (C=O) groups is 3. The molecule has 2 N–H and O–H groups in total. The first kappa shape index (κ1) is 23.2. The Hall–Kier alpha value is -3.97. The van der Waals surface area contributed by atoms with Crippen LogP contribution in [0.4, 0.5) is 21.5 Å². The molecule has 3 aromatic rings. The van der Waals surface area contributed by atoms with Crippen LogP contribution in [0.2, 0.25) is 0 Å². The minimum absolute atomic E-state index is 0.0484. The van der Waals surface area contributed by atoms with E-state index in [9.17, 15) is 18.8 Å². The van der Waals surface area contributed by atoms with Crippen molar-refractivity contribution in [2.45, 2.75) is 19.8 Å². The highest BCUT2D eigenvalue weighted by atomic mass is 35.5. The van der Waals surface area contributed by atoms with Gasteiger partial charge in [-0.05, 0) is 53.9 Å². The maximum Gasteiger partial charge on any atom is 0.283 e. The average Bonchev–Trinajstić information content (AvgIpc) is 3.04. The normalized spacial score (nSPS) is 13.6. The van der Waals surface area contributed by atoms with Crippen LogP contribution in [0.15, 0.2) is 83.5 Å². The highest BCUT2D eigenvalue weighted by Gasteiger charge is 2.39. The number of benzene rings is 3. The van der Waals surface area contributed by atoms with Gasteiger partial charge in [0, 0.05) is 11.3 Å². The number of para-hydroxylation sites is 1. The molecule has 0 fully saturated rings. The Morgan fingerprint density at radius 2 is 1.65 bits per heavy atom. The Bertz CT molecular complexity index is 1320. The number of imide groups is 1. The molecule has 0 aliphatic carbocycles. The van der Waals surface area contributed by atoms with Crippen LogP contribution in [0.3, 0.4) is 0 Å². The zero-order chi connectivity index (χ0) is 24.4. The predicted molar refractivity (Wildman–Crippen MR) is 130 cm³/mol. The molecule has 4 rings (SSSR count). The number of nitrogens with one attached hydrogen (secondary N) is 2. The van der Waals surface area contributed by atoms with Crippen molar-refractivity contribution in [1.29, 1.82) is 0 Å². The zero-order valence-electron chi connectivity index (χ0n) is 18.4. The number of halogens is 2. The van der Waals surface area contributed by atoms with E-state index in [1.165, 1.54) is 24.3 Å². The minimum Gasteiger partial charge on any atom is -0.350 e. The molecule has 1 aliphatic rings. The molecule has 1 heterocycles. The molecule has 0 saturated heterocycles. The number of hydrogen-bond acceptors (Lipinski definition) is 4. The van der Waals surface area contributed by atoms with Crippen LogP contribution in [-0.4, -0.2) is 17.7 Å². The summed E-state index contributed by atoms with van der Waals surface area (Å²) in [6.07, 6.45) is 0.